The first-order chi connectivity index (χ1) is 19.9. The summed E-state index contributed by atoms with van der Waals surface area (Å²) in [6.07, 6.45) is 0.728. The molecule has 0 heterocycles. The van der Waals surface area contributed by atoms with Gasteiger partial charge in [-0.1, -0.05) is 54.4 Å². The smallest absolute Gasteiger partial charge is 0.264 e. The normalized spacial score (nSPS) is 12.6. The Hall–Kier alpha value is -4.05. The first kappa shape index (κ1) is 32.5. The van der Waals surface area contributed by atoms with Crippen LogP contribution < -0.4 is 19.1 Å². The molecule has 226 valence electrons. The van der Waals surface area contributed by atoms with Crippen molar-refractivity contribution in [1.29, 1.82) is 0 Å². The number of nitrogens with one attached hydrogen (secondary N) is 1. The molecule has 0 spiro atoms. The van der Waals surface area contributed by atoms with E-state index in [-0.39, 0.29) is 29.1 Å². The highest BCUT2D eigenvalue weighted by Crippen LogP contribution is 2.34. The Labute approximate surface area is 249 Å². The lowest BCUT2D eigenvalue weighted by Crippen LogP contribution is -2.52. The van der Waals surface area contributed by atoms with Gasteiger partial charge >= 0.3 is 0 Å². The van der Waals surface area contributed by atoms with Crippen molar-refractivity contribution in [2.45, 2.75) is 64.6 Å². The Bertz CT molecular complexity index is 1490. The summed E-state index contributed by atoms with van der Waals surface area (Å²) in [5.74, 6) is -0.126. The van der Waals surface area contributed by atoms with Crippen LogP contribution in [0.1, 0.15) is 43.9 Å². The zero-order valence-electron chi connectivity index (χ0n) is 25.4. The first-order valence-corrected chi connectivity index (χ1v) is 15.3. The summed E-state index contributed by atoms with van der Waals surface area (Å²) < 4.78 is 39.9. The molecule has 10 heteroatoms. The third-order valence-electron chi connectivity index (χ3n) is 7.15. The number of methoxy groups -OCH3 is 2. The summed E-state index contributed by atoms with van der Waals surface area (Å²) >= 11 is 0. The number of nitrogens with zero attached hydrogens (tertiary/aromatic N) is 2. The van der Waals surface area contributed by atoms with Crippen LogP contribution in [0.15, 0.2) is 71.6 Å². The Morgan fingerprint density at radius 3 is 2.14 bits per heavy atom. The van der Waals surface area contributed by atoms with Crippen molar-refractivity contribution in [1.82, 2.24) is 10.2 Å². The van der Waals surface area contributed by atoms with E-state index >= 15 is 0 Å². The van der Waals surface area contributed by atoms with Gasteiger partial charge in [-0.25, -0.2) is 8.42 Å². The number of amides is 2. The molecular weight excluding hydrogens is 554 g/mol. The van der Waals surface area contributed by atoms with Crippen LogP contribution in [0, 0.1) is 13.8 Å². The maximum atomic E-state index is 14.1. The summed E-state index contributed by atoms with van der Waals surface area (Å²) in [5.41, 5.74) is 2.94. The van der Waals surface area contributed by atoms with E-state index in [1.54, 1.807) is 31.2 Å². The van der Waals surface area contributed by atoms with Crippen molar-refractivity contribution >= 4 is 27.5 Å². The number of rotatable bonds is 13. The fourth-order valence-corrected chi connectivity index (χ4v) is 5.81. The molecule has 0 aromatic heterocycles. The van der Waals surface area contributed by atoms with E-state index in [0.29, 0.717) is 11.5 Å². The van der Waals surface area contributed by atoms with Gasteiger partial charge in [0.15, 0.2) is 11.5 Å². The molecule has 0 fully saturated rings. The molecule has 0 saturated heterocycles. The van der Waals surface area contributed by atoms with Crippen LogP contribution in [-0.4, -0.2) is 58.0 Å². The second-order valence-corrected chi connectivity index (χ2v) is 12.2. The number of anilines is 1. The number of hydrogen-bond donors (Lipinski definition) is 1. The second kappa shape index (κ2) is 14.2. The lowest BCUT2D eigenvalue weighted by molar-refractivity contribution is -0.139. The van der Waals surface area contributed by atoms with E-state index < -0.39 is 28.5 Å². The Balaban J connectivity index is 2.09. The number of aryl methyl sites for hydroxylation is 2. The molecule has 42 heavy (non-hydrogen) atoms. The van der Waals surface area contributed by atoms with Gasteiger partial charge in [0.2, 0.25) is 11.8 Å². The standard InChI is InChI=1S/C32H41N3O6S/c1-8-24(4)33-32(37)25(5)34(20-26-11-9-10-23(3)18-26)31(36)21-35(27-14-17-29(40-6)30(19-27)41-7)42(38,39)28-15-12-22(2)13-16-28/h9-19,24-25H,8,20-21H2,1-7H3,(H,33,37)/t24-,25-/m0/s1. The van der Waals surface area contributed by atoms with Crippen LogP contribution in [0.2, 0.25) is 0 Å². The number of carbonyl (C=O) groups is 2. The number of hydrogen-bond acceptors (Lipinski definition) is 6. The van der Waals surface area contributed by atoms with Gasteiger partial charge in [-0.05, 0) is 63.9 Å². The van der Waals surface area contributed by atoms with E-state index in [4.69, 9.17) is 9.47 Å². The molecule has 0 unspecified atom stereocenters. The average molecular weight is 596 g/mol. The monoisotopic (exact) mass is 595 g/mol. The van der Waals surface area contributed by atoms with Gasteiger partial charge in [-0.3, -0.25) is 13.9 Å². The number of carbonyl (C=O) groups excluding carboxylic acids is 2. The molecule has 3 aromatic carbocycles. The van der Waals surface area contributed by atoms with Crippen LogP contribution in [-0.2, 0) is 26.2 Å². The molecule has 3 aromatic rings. The van der Waals surface area contributed by atoms with Crippen molar-refractivity contribution in [3.8, 4) is 11.5 Å². The summed E-state index contributed by atoms with van der Waals surface area (Å²) in [5, 5.41) is 2.94. The van der Waals surface area contributed by atoms with Crippen molar-refractivity contribution in [2.75, 3.05) is 25.1 Å². The van der Waals surface area contributed by atoms with Crippen molar-refractivity contribution in [3.05, 3.63) is 83.4 Å². The predicted octanol–water partition coefficient (Wildman–Crippen LogP) is 4.85. The van der Waals surface area contributed by atoms with Gasteiger partial charge in [0.05, 0.1) is 24.8 Å². The maximum Gasteiger partial charge on any atom is 0.264 e. The SMILES string of the molecule is CC[C@H](C)NC(=O)[C@H](C)N(Cc1cccc(C)c1)C(=O)CN(c1ccc(OC)c(OC)c1)S(=O)(=O)c1ccc(C)cc1. The first-order valence-electron chi connectivity index (χ1n) is 13.9. The number of ether oxygens (including phenoxy) is 2. The van der Waals surface area contributed by atoms with Crippen molar-refractivity contribution < 1.29 is 27.5 Å². The lowest BCUT2D eigenvalue weighted by Gasteiger charge is -2.32. The quantitative estimate of drug-likeness (QED) is 0.303. The minimum Gasteiger partial charge on any atom is -0.493 e. The fourth-order valence-electron chi connectivity index (χ4n) is 4.40. The summed E-state index contributed by atoms with van der Waals surface area (Å²) in [7, 11) is -1.27. The third kappa shape index (κ3) is 7.82. The predicted molar refractivity (Wildman–Crippen MR) is 164 cm³/mol. The van der Waals surface area contributed by atoms with Crippen LogP contribution in [0.25, 0.3) is 0 Å². The molecule has 3 rings (SSSR count). The second-order valence-electron chi connectivity index (χ2n) is 10.4. The van der Waals surface area contributed by atoms with E-state index in [1.807, 2.05) is 52.0 Å². The van der Waals surface area contributed by atoms with E-state index in [1.165, 1.54) is 37.3 Å². The average Bonchev–Trinajstić information content (AvgIpc) is 2.97. The van der Waals surface area contributed by atoms with E-state index in [9.17, 15) is 18.0 Å². The molecule has 0 aliphatic heterocycles. The van der Waals surface area contributed by atoms with Gasteiger partial charge in [-0.2, -0.15) is 0 Å². The van der Waals surface area contributed by atoms with E-state index in [0.717, 1.165) is 27.4 Å². The van der Waals surface area contributed by atoms with Crippen molar-refractivity contribution in [3.63, 3.8) is 0 Å². The molecule has 2 atom stereocenters. The van der Waals surface area contributed by atoms with Crippen LogP contribution in [0.4, 0.5) is 5.69 Å². The molecule has 1 N–H and O–H groups in total. The summed E-state index contributed by atoms with van der Waals surface area (Å²) in [6.45, 7) is 8.90. The van der Waals surface area contributed by atoms with Gasteiger partial charge in [0.1, 0.15) is 12.6 Å². The zero-order valence-corrected chi connectivity index (χ0v) is 26.2. The highest BCUT2D eigenvalue weighted by Gasteiger charge is 2.33. The molecule has 0 aliphatic carbocycles. The summed E-state index contributed by atoms with van der Waals surface area (Å²) in [4.78, 5) is 28.8. The van der Waals surface area contributed by atoms with E-state index in [2.05, 4.69) is 5.32 Å². The number of sulfonamides is 1. The highest BCUT2D eigenvalue weighted by molar-refractivity contribution is 7.92. The lowest BCUT2D eigenvalue weighted by atomic mass is 10.1. The molecular formula is C32H41N3O6S. The van der Waals surface area contributed by atoms with Gasteiger partial charge in [-0.15, -0.1) is 0 Å². The molecule has 0 saturated carbocycles. The summed E-state index contributed by atoms with van der Waals surface area (Å²) in [6, 6.07) is 17.8. The minimum atomic E-state index is -4.20. The fraction of sp³-hybridized carbons (Fsp3) is 0.375. The molecule has 0 aliphatic rings. The zero-order chi connectivity index (χ0) is 31.0. The van der Waals surface area contributed by atoms with Crippen LogP contribution in [0.3, 0.4) is 0 Å². The Morgan fingerprint density at radius 2 is 1.55 bits per heavy atom. The Kier molecular flexibility index (Phi) is 11.0. The largest absolute Gasteiger partial charge is 0.493 e. The molecule has 0 radical (unpaired) electrons. The number of benzene rings is 3. The van der Waals surface area contributed by atoms with Gasteiger partial charge < -0.3 is 19.7 Å². The van der Waals surface area contributed by atoms with Gasteiger partial charge in [0, 0.05) is 18.7 Å². The highest BCUT2D eigenvalue weighted by atomic mass is 32.2. The molecule has 0 bridgehead atoms. The topological polar surface area (TPSA) is 105 Å². The minimum absolute atomic E-state index is 0.0310. The molecule has 9 nitrogen and oxygen atoms in total. The third-order valence-corrected chi connectivity index (χ3v) is 8.93. The molecule has 2 amide bonds. The maximum absolute atomic E-state index is 14.1. The van der Waals surface area contributed by atoms with Crippen LogP contribution in [0.5, 0.6) is 11.5 Å². The van der Waals surface area contributed by atoms with Crippen molar-refractivity contribution in [2.24, 2.45) is 0 Å². The van der Waals surface area contributed by atoms with Crippen LogP contribution >= 0.6 is 0 Å². The van der Waals surface area contributed by atoms with Gasteiger partial charge in [0.25, 0.3) is 10.0 Å². The Morgan fingerprint density at radius 1 is 0.881 bits per heavy atom.